The second kappa shape index (κ2) is 9.38. The minimum absolute atomic E-state index is 0.219. The number of piperazine rings is 1. The first-order chi connectivity index (χ1) is 16.2. The van der Waals surface area contributed by atoms with Gasteiger partial charge in [-0.3, -0.25) is 4.90 Å². The molecule has 1 fully saturated rings. The summed E-state index contributed by atoms with van der Waals surface area (Å²) < 4.78 is 0.790. The van der Waals surface area contributed by atoms with Crippen LogP contribution in [0.2, 0.25) is 0 Å². The number of benzene rings is 2. The molecule has 0 radical (unpaired) electrons. The van der Waals surface area contributed by atoms with Crippen molar-refractivity contribution in [1.82, 2.24) is 14.8 Å². The molecule has 166 valence electrons. The van der Waals surface area contributed by atoms with Crippen LogP contribution in [-0.2, 0) is 0 Å². The fourth-order valence-electron chi connectivity index (χ4n) is 4.97. The summed E-state index contributed by atoms with van der Waals surface area (Å²) >= 11 is 3.52. The van der Waals surface area contributed by atoms with Crippen LogP contribution in [0.4, 0.5) is 5.69 Å². The highest BCUT2D eigenvalue weighted by Gasteiger charge is 2.32. The standard InChI is InChI=1S/C27H26BrN5/c1-31-19-22(18-29)27(25-23(31)12-13-24(28)30-25)33-16-14-32(15-17-33)26(20-8-4-2-5-9-20)21-10-6-3-7-11-21/h2-13,26H,14-17,19H2,1H3. The second-order valence-corrected chi connectivity index (χ2v) is 9.36. The first-order valence-electron chi connectivity index (χ1n) is 11.3. The summed E-state index contributed by atoms with van der Waals surface area (Å²) in [6.45, 7) is 4.15. The van der Waals surface area contributed by atoms with Gasteiger partial charge in [-0.1, -0.05) is 60.7 Å². The number of aromatic nitrogens is 1. The lowest BCUT2D eigenvalue weighted by atomic mass is 9.96. The van der Waals surface area contributed by atoms with Gasteiger partial charge in [-0.05, 0) is 39.2 Å². The minimum Gasteiger partial charge on any atom is -0.368 e. The number of nitriles is 1. The third kappa shape index (κ3) is 4.27. The van der Waals surface area contributed by atoms with Gasteiger partial charge >= 0.3 is 0 Å². The van der Waals surface area contributed by atoms with Crippen LogP contribution in [0.3, 0.4) is 0 Å². The Labute approximate surface area is 203 Å². The molecule has 5 rings (SSSR count). The molecule has 0 unspecified atom stereocenters. The van der Waals surface area contributed by atoms with E-state index in [2.05, 4.69) is 103 Å². The molecule has 2 aliphatic heterocycles. The van der Waals surface area contributed by atoms with Crippen molar-refractivity contribution in [2.75, 3.05) is 44.7 Å². The Bertz CT molecular complexity index is 1150. The summed E-state index contributed by atoms with van der Waals surface area (Å²) in [6, 6.07) is 28.2. The highest BCUT2D eigenvalue weighted by molar-refractivity contribution is 9.10. The summed E-state index contributed by atoms with van der Waals surface area (Å²) in [5, 5.41) is 9.93. The van der Waals surface area contributed by atoms with E-state index in [1.165, 1.54) is 11.1 Å². The van der Waals surface area contributed by atoms with Crippen molar-refractivity contribution in [2.45, 2.75) is 6.04 Å². The molecule has 3 heterocycles. The Balaban J connectivity index is 1.44. The molecule has 0 spiro atoms. The molecule has 0 saturated carbocycles. The van der Waals surface area contributed by atoms with Gasteiger partial charge in [-0.2, -0.15) is 5.26 Å². The SMILES string of the molecule is CN1CC(C#N)=C(N2CCN(C(c3ccccc3)c3ccccc3)CC2)c2nc(Br)ccc21. The number of fused-ring (bicyclic) bond motifs is 1. The van der Waals surface area contributed by atoms with E-state index in [1.54, 1.807) is 0 Å². The molecule has 1 aromatic heterocycles. The van der Waals surface area contributed by atoms with Crippen molar-refractivity contribution in [3.05, 3.63) is 99.8 Å². The monoisotopic (exact) mass is 499 g/mol. The fraction of sp³-hybridized carbons (Fsp3) is 0.259. The zero-order valence-electron chi connectivity index (χ0n) is 18.7. The van der Waals surface area contributed by atoms with Crippen LogP contribution in [0.1, 0.15) is 22.9 Å². The maximum absolute atomic E-state index is 9.93. The van der Waals surface area contributed by atoms with Crippen molar-refractivity contribution >= 4 is 27.3 Å². The van der Waals surface area contributed by atoms with E-state index in [0.717, 1.165) is 53.4 Å². The summed E-state index contributed by atoms with van der Waals surface area (Å²) in [4.78, 5) is 11.8. The molecule has 2 aliphatic rings. The van der Waals surface area contributed by atoms with E-state index in [9.17, 15) is 5.26 Å². The van der Waals surface area contributed by atoms with E-state index in [1.807, 2.05) is 13.1 Å². The Morgan fingerprint density at radius 3 is 2.06 bits per heavy atom. The van der Waals surface area contributed by atoms with E-state index >= 15 is 0 Å². The lowest BCUT2D eigenvalue weighted by Gasteiger charge is -2.43. The van der Waals surface area contributed by atoms with E-state index in [0.29, 0.717) is 6.54 Å². The van der Waals surface area contributed by atoms with E-state index in [4.69, 9.17) is 4.98 Å². The van der Waals surface area contributed by atoms with Gasteiger partial charge < -0.3 is 9.80 Å². The van der Waals surface area contributed by atoms with Crippen LogP contribution in [0.25, 0.3) is 5.70 Å². The van der Waals surface area contributed by atoms with Crippen LogP contribution >= 0.6 is 15.9 Å². The van der Waals surface area contributed by atoms with Gasteiger partial charge in [-0.15, -0.1) is 0 Å². The van der Waals surface area contributed by atoms with Crippen molar-refractivity contribution in [2.24, 2.45) is 0 Å². The van der Waals surface area contributed by atoms with Gasteiger partial charge in [0.2, 0.25) is 0 Å². The van der Waals surface area contributed by atoms with Crippen LogP contribution in [0, 0.1) is 11.3 Å². The largest absolute Gasteiger partial charge is 0.368 e. The highest BCUT2D eigenvalue weighted by atomic mass is 79.9. The van der Waals surface area contributed by atoms with Crippen molar-refractivity contribution in [3.8, 4) is 6.07 Å². The van der Waals surface area contributed by atoms with Gasteiger partial charge in [0, 0.05) is 33.2 Å². The number of halogens is 1. The molecule has 6 heteroatoms. The third-order valence-electron chi connectivity index (χ3n) is 6.52. The molecule has 0 N–H and O–H groups in total. The van der Waals surface area contributed by atoms with E-state index in [-0.39, 0.29) is 6.04 Å². The number of hydrogen-bond acceptors (Lipinski definition) is 5. The maximum Gasteiger partial charge on any atom is 0.112 e. The number of hydrogen-bond donors (Lipinski definition) is 0. The third-order valence-corrected chi connectivity index (χ3v) is 6.96. The second-order valence-electron chi connectivity index (χ2n) is 8.54. The van der Waals surface area contributed by atoms with Gasteiger partial charge in [0.05, 0.1) is 35.6 Å². The molecule has 3 aromatic rings. The zero-order valence-corrected chi connectivity index (χ0v) is 20.2. The molecule has 0 atom stereocenters. The minimum atomic E-state index is 0.219. The smallest absolute Gasteiger partial charge is 0.112 e. The Morgan fingerprint density at radius 1 is 0.879 bits per heavy atom. The summed E-state index contributed by atoms with van der Waals surface area (Å²) in [6.07, 6.45) is 0. The predicted octanol–water partition coefficient (Wildman–Crippen LogP) is 4.94. The summed E-state index contributed by atoms with van der Waals surface area (Å²) in [5.41, 5.74) is 6.36. The zero-order chi connectivity index (χ0) is 22.8. The van der Waals surface area contributed by atoms with Gasteiger partial charge in [0.1, 0.15) is 10.3 Å². The fourth-order valence-corrected chi connectivity index (χ4v) is 5.28. The molecule has 0 amide bonds. The predicted molar refractivity (Wildman–Crippen MR) is 136 cm³/mol. The first-order valence-corrected chi connectivity index (χ1v) is 12.0. The highest BCUT2D eigenvalue weighted by Crippen LogP contribution is 2.37. The quantitative estimate of drug-likeness (QED) is 0.476. The molecule has 5 nitrogen and oxygen atoms in total. The van der Waals surface area contributed by atoms with Crippen LogP contribution in [0.15, 0.2) is 83.0 Å². The number of likely N-dealkylation sites (N-methyl/N-ethyl adjacent to an activating group) is 1. The van der Waals surface area contributed by atoms with Crippen LogP contribution < -0.4 is 4.90 Å². The van der Waals surface area contributed by atoms with Crippen molar-refractivity contribution < 1.29 is 0 Å². The van der Waals surface area contributed by atoms with Crippen LogP contribution in [0.5, 0.6) is 0 Å². The normalized spacial score (nSPS) is 16.7. The lowest BCUT2D eigenvalue weighted by molar-refractivity contribution is 0.144. The number of pyridine rings is 1. The van der Waals surface area contributed by atoms with Crippen molar-refractivity contribution in [1.29, 1.82) is 5.26 Å². The number of anilines is 1. The van der Waals surface area contributed by atoms with Crippen LogP contribution in [-0.4, -0.2) is 54.6 Å². The molecule has 33 heavy (non-hydrogen) atoms. The van der Waals surface area contributed by atoms with E-state index < -0.39 is 0 Å². The maximum atomic E-state index is 9.93. The van der Waals surface area contributed by atoms with Gasteiger partial charge in [-0.25, -0.2) is 4.98 Å². The Morgan fingerprint density at radius 2 is 1.48 bits per heavy atom. The molecular formula is C27H26BrN5. The average molecular weight is 500 g/mol. The number of rotatable bonds is 4. The number of nitrogens with zero attached hydrogens (tertiary/aromatic N) is 5. The molecule has 2 aromatic carbocycles. The first kappa shape index (κ1) is 21.7. The van der Waals surface area contributed by atoms with Gasteiger partial charge in [0.25, 0.3) is 0 Å². The molecule has 1 saturated heterocycles. The van der Waals surface area contributed by atoms with Gasteiger partial charge in [0.15, 0.2) is 0 Å². The molecular weight excluding hydrogens is 474 g/mol. The topological polar surface area (TPSA) is 46.4 Å². The summed E-state index contributed by atoms with van der Waals surface area (Å²) in [7, 11) is 2.02. The molecule has 0 bridgehead atoms. The average Bonchev–Trinajstić information content (AvgIpc) is 2.86. The lowest BCUT2D eigenvalue weighted by Crippen LogP contribution is -2.48. The summed E-state index contributed by atoms with van der Waals surface area (Å²) in [5.74, 6) is 0. The Kier molecular flexibility index (Phi) is 6.17. The van der Waals surface area contributed by atoms with Crippen molar-refractivity contribution in [3.63, 3.8) is 0 Å². The Hall–Kier alpha value is -3.14. The molecule has 0 aliphatic carbocycles.